The Morgan fingerprint density at radius 2 is 1.67 bits per heavy atom. The van der Waals surface area contributed by atoms with Crippen LogP contribution in [-0.2, 0) is 26.0 Å². The normalized spacial score (nSPS) is 18.7. The van der Waals surface area contributed by atoms with Crippen molar-refractivity contribution in [2.75, 3.05) is 45.9 Å². The van der Waals surface area contributed by atoms with Crippen molar-refractivity contribution in [1.29, 1.82) is 0 Å². The molecule has 1 aromatic heterocycles. The number of hydrogen-bond donors (Lipinski definition) is 0. The van der Waals surface area contributed by atoms with E-state index in [4.69, 9.17) is 4.74 Å². The zero-order valence-corrected chi connectivity index (χ0v) is 17.1. The molecule has 0 saturated carbocycles. The van der Waals surface area contributed by atoms with Gasteiger partial charge in [-0.2, -0.15) is 4.31 Å². The van der Waals surface area contributed by atoms with Crippen LogP contribution in [0.1, 0.15) is 24.6 Å². The minimum Gasteiger partial charge on any atom is -0.450 e. The second-order valence-electron chi connectivity index (χ2n) is 6.58. The zero-order valence-electron chi connectivity index (χ0n) is 15.4. The maximum absolute atomic E-state index is 12.6. The highest BCUT2D eigenvalue weighted by molar-refractivity contribution is 7.91. The molecule has 3 rings (SSSR count). The Labute approximate surface area is 163 Å². The number of carbonyl (C=O) groups is 2. The van der Waals surface area contributed by atoms with Gasteiger partial charge in [0.2, 0.25) is 5.91 Å². The predicted octanol–water partition coefficient (Wildman–Crippen LogP) is 1.38. The largest absolute Gasteiger partial charge is 0.450 e. The SMILES string of the molecule is CCOC(=O)N1CCN(C(=O)Cc2ccc(S(=O)(=O)N3CCCC3)s2)CC1. The molecule has 0 radical (unpaired) electrons. The second kappa shape index (κ2) is 8.57. The van der Waals surface area contributed by atoms with E-state index >= 15 is 0 Å². The predicted molar refractivity (Wildman–Crippen MR) is 101 cm³/mol. The molecule has 2 aliphatic heterocycles. The molecule has 0 atom stereocenters. The monoisotopic (exact) mass is 415 g/mol. The van der Waals surface area contributed by atoms with E-state index < -0.39 is 10.0 Å². The van der Waals surface area contributed by atoms with E-state index in [0.717, 1.165) is 17.7 Å². The third-order valence-corrected chi connectivity index (χ3v) is 8.23. The van der Waals surface area contributed by atoms with Gasteiger partial charge < -0.3 is 14.5 Å². The lowest BCUT2D eigenvalue weighted by molar-refractivity contribution is -0.132. The quantitative estimate of drug-likeness (QED) is 0.725. The number of piperazine rings is 1. The number of carbonyl (C=O) groups excluding carboxylic acids is 2. The molecule has 2 saturated heterocycles. The molecule has 0 aromatic carbocycles. The Balaban J connectivity index is 1.55. The summed E-state index contributed by atoms with van der Waals surface area (Å²) in [7, 11) is -3.43. The van der Waals surface area contributed by atoms with Gasteiger partial charge in [-0.25, -0.2) is 13.2 Å². The van der Waals surface area contributed by atoms with E-state index in [1.54, 1.807) is 28.9 Å². The number of amides is 2. The van der Waals surface area contributed by atoms with E-state index in [1.165, 1.54) is 15.6 Å². The summed E-state index contributed by atoms with van der Waals surface area (Å²) in [6, 6.07) is 3.32. The average molecular weight is 416 g/mol. The first-order valence-electron chi connectivity index (χ1n) is 9.20. The molecule has 0 N–H and O–H groups in total. The summed E-state index contributed by atoms with van der Waals surface area (Å²) in [5, 5.41) is 0. The third-order valence-electron chi connectivity index (χ3n) is 4.78. The van der Waals surface area contributed by atoms with Crippen LogP contribution in [0.3, 0.4) is 0 Å². The standard InChI is InChI=1S/C17H25N3O5S2/c1-2-25-17(22)19-11-9-18(10-12-19)15(21)13-14-5-6-16(26-14)27(23,24)20-7-3-4-8-20/h5-6H,2-4,7-13H2,1H3. The number of nitrogens with zero attached hydrogens (tertiary/aromatic N) is 3. The molecule has 2 amide bonds. The van der Waals surface area contributed by atoms with Gasteiger partial charge in [0, 0.05) is 44.1 Å². The van der Waals surface area contributed by atoms with E-state index in [9.17, 15) is 18.0 Å². The highest BCUT2D eigenvalue weighted by Crippen LogP contribution is 2.27. The van der Waals surface area contributed by atoms with Gasteiger partial charge in [0.25, 0.3) is 10.0 Å². The van der Waals surface area contributed by atoms with Gasteiger partial charge in [0.05, 0.1) is 13.0 Å². The molecule has 0 bridgehead atoms. The Hall–Kier alpha value is -1.65. The molecule has 0 aliphatic carbocycles. The summed E-state index contributed by atoms with van der Waals surface area (Å²) < 4.78 is 32.0. The van der Waals surface area contributed by atoms with Crippen molar-refractivity contribution < 1.29 is 22.7 Å². The van der Waals surface area contributed by atoms with Crippen molar-refractivity contribution in [3.63, 3.8) is 0 Å². The van der Waals surface area contributed by atoms with Crippen molar-refractivity contribution in [3.05, 3.63) is 17.0 Å². The van der Waals surface area contributed by atoms with Crippen molar-refractivity contribution in [2.45, 2.75) is 30.4 Å². The van der Waals surface area contributed by atoms with Gasteiger partial charge >= 0.3 is 6.09 Å². The van der Waals surface area contributed by atoms with E-state index in [1.807, 2.05) is 0 Å². The number of sulfonamides is 1. The lowest BCUT2D eigenvalue weighted by Crippen LogP contribution is -2.51. The second-order valence-corrected chi connectivity index (χ2v) is 9.91. The van der Waals surface area contributed by atoms with E-state index in [2.05, 4.69) is 0 Å². The smallest absolute Gasteiger partial charge is 0.409 e. The van der Waals surface area contributed by atoms with Crippen molar-refractivity contribution in [1.82, 2.24) is 14.1 Å². The van der Waals surface area contributed by atoms with Gasteiger partial charge in [-0.1, -0.05) is 0 Å². The van der Waals surface area contributed by atoms with E-state index in [0.29, 0.717) is 50.1 Å². The summed E-state index contributed by atoms with van der Waals surface area (Å²) in [6.07, 6.45) is 1.63. The molecule has 8 nitrogen and oxygen atoms in total. The molecule has 10 heteroatoms. The Kier molecular flexibility index (Phi) is 6.38. The van der Waals surface area contributed by atoms with Crippen LogP contribution in [0.15, 0.2) is 16.3 Å². The Bertz CT molecular complexity index is 778. The molecule has 2 fully saturated rings. The summed E-state index contributed by atoms with van der Waals surface area (Å²) in [5.41, 5.74) is 0. The van der Waals surface area contributed by atoms with Crippen LogP contribution < -0.4 is 0 Å². The topological polar surface area (TPSA) is 87.2 Å². The molecule has 0 unspecified atom stereocenters. The first-order chi connectivity index (χ1) is 12.9. The van der Waals surface area contributed by atoms with Crippen molar-refractivity contribution in [3.8, 4) is 0 Å². The lowest BCUT2D eigenvalue weighted by atomic mass is 10.2. The first kappa shape index (κ1) is 20.1. The number of thiophene rings is 1. The van der Waals surface area contributed by atoms with Crippen molar-refractivity contribution in [2.24, 2.45) is 0 Å². The molecule has 0 spiro atoms. The fourth-order valence-corrected chi connectivity index (χ4v) is 6.28. The van der Waals surface area contributed by atoms with Crippen LogP contribution in [-0.4, -0.2) is 80.4 Å². The van der Waals surface area contributed by atoms with Gasteiger partial charge in [0.1, 0.15) is 4.21 Å². The highest BCUT2D eigenvalue weighted by atomic mass is 32.2. The molecular weight excluding hydrogens is 390 g/mol. The minimum atomic E-state index is -3.43. The summed E-state index contributed by atoms with van der Waals surface area (Å²) in [6.45, 7) is 5.05. The fourth-order valence-electron chi connectivity index (χ4n) is 3.26. The molecule has 2 aliphatic rings. The van der Waals surface area contributed by atoms with Gasteiger partial charge in [-0.15, -0.1) is 11.3 Å². The Morgan fingerprint density at radius 3 is 2.30 bits per heavy atom. The molecule has 150 valence electrons. The summed E-state index contributed by atoms with van der Waals surface area (Å²) >= 11 is 1.17. The van der Waals surface area contributed by atoms with Crippen LogP contribution in [0.5, 0.6) is 0 Å². The summed E-state index contributed by atoms with van der Waals surface area (Å²) in [4.78, 5) is 28.3. The van der Waals surface area contributed by atoms with Crippen LogP contribution in [0.4, 0.5) is 4.79 Å². The van der Waals surface area contributed by atoms with Gasteiger partial charge in [-0.3, -0.25) is 4.79 Å². The van der Waals surface area contributed by atoms with Crippen molar-refractivity contribution >= 4 is 33.4 Å². The van der Waals surface area contributed by atoms with Gasteiger partial charge in [0.15, 0.2) is 0 Å². The maximum Gasteiger partial charge on any atom is 0.409 e. The molecule has 1 aromatic rings. The minimum absolute atomic E-state index is 0.0505. The molecule has 3 heterocycles. The Morgan fingerprint density at radius 1 is 1.04 bits per heavy atom. The van der Waals surface area contributed by atoms with Gasteiger partial charge in [-0.05, 0) is 31.9 Å². The fraction of sp³-hybridized carbons (Fsp3) is 0.647. The average Bonchev–Trinajstić information content (AvgIpc) is 3.34. The zero-order chi connectivity index (χ0) is 19.4. The molecule has 27 heavy (non-hydrogen) atoms. The number of rotatable bonds is 5. The van der Waals surface area contributed by atoms with Crippen LogP contribution >= 0.6 is 11.3 Å². The first-order valence-corrected chi connectivity index (χ1v) is 11.5. The number of hydrogen-bond acceptors (Lipinski definition) is 6. The van der Waals surface area contributed by atoms with Crippen LogP contribution in [0.25, 0.3) is 0 Å². The summed E-state index contributed by atoms with van der Waals surface area (Å²) in [5.74, 6) is -0.0505. The highest BCUT2D eigenvalue weighted by Gasteiger charge is 2.29. The maximum atomic E-state index is 12.6. The van der Waals surface area contributed by atoms with Crippen LogP contribution in [0.2, 0.25) is 0 Å². The lowest BCUT2D eigenvalue weighted by Gasteiger charge is -2.34. The van der Waals surface area contributed by atoms with E-state index in [-0.39, 0.29) is 18.4 Å². The van der Waals surface area contributed by atoms with Crippen LogP contribution in [0, 0.1) is 0 Å². The molecular formula is C17H25N3O5S2. The number of ether oxygens (including phenoxy) is 1. The third kappa shape index (κ3) is 4.61.